The maximum Gasteiger partial charge on any atom is 0.410 e. The quantitative estimate of drug-likeness (QED) is 0.801. The minimum Gasteiger partial charge on any atom is -0.444 e. The number of ether oxygens (including phenoxy) is 1. The van der Waals surface area contributed by atoms with Crippen LogP contribution in [0.3, 0.4) is 0 Å². The van der Waals surface area contributed by atoms with Gasteiger partial charge in [0.05, 0.1) is 0 Å². The van der Waals surface area contributed by atoms with Gasteiger partial charge in [0.15, 0.2) is 0 Å². The summed E-state index contributed by atoms with van der Waals surface area (Å²) in [6.07, 6.45) is 2.21. The average Bonchev–Trinajstić information content (AvgIpc) is 2.77. The topological polar surface area (TPSA) is 36.0 Å². The first kappa shape index (κ1) is 17.5. The third kappa shape index (κ3) is 5.43. The van der Waals surface area contributed by atoms with E-state index in [0.717, 1.165) is 39.1 Å². The first-order valence-electron chi connectivity index (χ1n) is 8.80. The van der Waals surface area contributed by atoms with Crippen LogP contribution in [0.2, 0.25) is 0 Å². The van der Waals surface area contributed by atoms with Crippen molar-refractivity contribution in [2.75, 3.05) is 52.4 Å². The van der Waals surface area contributed by atoms with Crippen LogP contribution in [0, 0.1) is 5.92 Å². The van der Waals surface area contributed by atoms with Crippen molar-refractivity contribution in [1.82, 2.24) is 14.7 Å². The van der Waals surface area contributed by atoms with Gasteiger partial charge in [-0.2, -0.15) is 0 Å². The lowest BCUT2D eigenvalue weighted by molar-refractivity contribution is 0.0285. The van der Waals surface area contributed by atoms with Crippen LogP contribution in [0.1, 0.15) is 40.5 Å². The van der Waals surface area contributed by atoms with Gasteiger partial charge in [0.1, 0.15) is 5.60 Å². The Kier molecular flexibility index (Phi) is 6.09. The van der Waals surface area contributed by atoms with Crippen molar-refractivity contribution in [3.8, 4) is 0 Å². The molecule has 2 saturated heterocycles. The zero-order valence-electron chi connectivity index (χ0n) is 14.8. The highest BCUT2D eigenvalue weighted by molar-refractivity contribution is 5.68. The third-order valence-corrected chi connectivity index (χ3v) is 4.58. The summed E-state index contributed by atoms with van der Waals surface area (Å²) in [5.41, 5.74) is -0.399. The highest BCUT2D eigenvalue weighted by atomic mass is 16.6. The fraction of sp³-hybridized carbons (Fsp3) is 0.941. The van der Waals surface area contributed by atoms with Crippen LogP contribution in [0.15, 0.2) is 0 Å². The van der Waals surface area contributed by atoms with Crippen molar-refractivity contribution in [2.45, 2.75) is 46.1 Å². The fourth-order valence-electron chi connectivity index (χ4n) is 3.36. The van der Waals surface area contributed by atoms with Crippen LogP contribution in [-0.2, 0) is 4.74 Å². The molecule has 2 fully saturated rings. The molecule has 0 radical (unpaired) electrons. The van der Waals surface area contributed by atoms with E-state index < -0.39 is 5.60 Å². The lowest BCUT2D eigenvalue weighted by Crippen LogP contribution is -2.37. The minimum absolute atomic E-state index is 0.150. The predicted molar refractivity (Wildman–Crippen MR) is 89.1 cm³/mol. The second-order valence-electron chi connectivity index (χ2n) is 7.67. The number of hydrogen-bond acceptors (Lipinski definition) is 4. The summed E-state index contributed by atoms with van der Waals surface area (Å²) >= 11 is 0. The van der Waals surface area contributed by atoms with Crippen LogP contribution in [0.25, 0.3) is 0 Å². The number of amides is 1. The molecule has 1 atom stereocenters. The Morgan fingerprint density at radius 3 is 2.45 bits per heavy atom. The van der Waals surface area contributed by atoms with Crippen molar-refractivity contribution in [3.05, 3.63) is 0 Å². The molecule has 0 aromatic rings. The molecule has 0 aromatic carbocycles. The number of hydrogen-bond donors (Lipinski definition) is 0. The van der Waals surface area contributed by atoms with Crippen molar-refractivity contribution < 1.29 is 9.53 Å². The molecule has 128 valence electrons. The summed E-state index contributed by atoms with van der Waals surface area (Å²) in [6.45, 7) is 16.7. The Balaban J connectivity index is 1.75. The lowest BCUT2D eigenvalue weighted by Gasteiger charge is -2.26. The van der Waals surface area contributed by atoms with E-state index in [2.05, 4.69) is 16.7 Å². The molecule has 1 unspecified atom stereocenters. The molecule has 0 N–H and O–H groups in total. The molecule has 1 amide bonds. The summed E-state index contributed by atoms with van der Waals surface area (Å²) in [7, 11) is 0. The lowest BCUT2D eigenvalue weighted by atomic mass is 10.1. The van der Waals surface area contributed by atoms with E-state index in [4.69, 9.17) is 4.74 Å². The molecule has 5 heteroatoms. The molecule has 2 aliphatic rings. The second-order valence-corrected chi connectivity index (χ2v) is 7.67. The Labute approximate surface area is 135 Å². The standard InChI is InChI=1S/C17H33N3O2/c1-5-18-8-6-9-19(12-11-18)13-15-7-10-20(14-15)16(21)22-17(2,3)4/h15H,5-14H2,1-4H3. The van der Waals surface area contributed by atoms with Crippen LogP contribution in [0.5, 0.6) is 0 Å². The van der Waals surface area contributed by atoms with Crippen LogP contribution in [0.4, 0.5) is 4.79 Å². The van der Waals surface area contributed by atoms with E-state index in [0.29, 0.717) is 5.92 Å². The second kappa shape index (κ2) is 7.64. The Morgan fingerprint density at radius 2 is 1.77 bits per heavy atom. The first-order chi connectivity index (χ1) is 10.4. The van der Waals surface area contributed by atoms with E-state index in [-0.39, 0.29) is 6.09 Å². The number of likely N-dealkylation sites (tertiary alicyclic amines) is 1. The van der Waals surface area contributed by atoms with Crippen molar-refractivity contribution in [1.29, 1.82) is 0 Å². The molecule has 2 rings (SSSR count). The van der Waals surface area contributed by atoms with Gasteiger partial charge in [0, 0.05) is 32.7 Å². The summed E-state index contributed by atoms with van der Waals surface area (Å²) < 4.78 is 5.48. The zero-order valence-corrected chi connectivity index (χ0v) is 14.8. The first-order valence-corrected chi connectivity index (χ1v) is 8.80. The highest BCUT2D eigenvalue weighted by Crippen LogP contribution is 2.21. The highest BCUT2D eigenvalue weighted by Gasteiger charge is 2.30. The van der Waals surface area contributed by atoms with E-state index >= 15 is 0 Å². The van der Waals surface area contributed by atoms with Gasteiger partial charge < -0.3 is 19.4 Å². The Morgan fingerprint density at radius 1 is 1.09 bits per heavy atom. The molecule has 2 aliphatic heterocycles. The SMILES string of the molecule is CCN1CCCN(CC2CCN(C(=O)OC(C)(C)C)C2)CC1. The normalized spacial score (nSPS) is 25.3. The molecule has 0 spiro atoms. The molecular weight excluding hydrogens is 278 g/mol. The molecular formula is C17H33N3O2. The summed E-state index contributed by atoms with van der Waals surface area (Å²) in [5, 5.41) is 0. The Hall–Kier alpha value is -0.810. The largest absolute Gasteiger partial charge is 0.444 e. The monoisotopic (exact) mass is 311 g/mol. The summed E-state index contributed by atoms with van der Waals surface area (Å²) in [6, 6.07) is 0. The van der Waals surface area contributed by atoms with Crippen molar-refractivity contribution >= 4 is 6.09 Å². The maximum atomic E-state index is 12.1. The number of nitrogens with zero attached hydrogens (tertiary/aromatic N) is 3. The molecule has 0 saturated carbocycles. The van der Waals surface area contributed by atoms with Crippen molar-refractivity contribution in [2.24, 2.45) is 5.92 Å². The number of likely N-dealkylation sites (N-methyl/N-ethyl adjacent to an activating group) is 1. The van der Waals surface area contributed by atoms with E-state index in [9.17, 15) is 4.79 Å². The van der Waals surface area contributed by atoms with Gasteiger partial charge in [-0.15, -0.1) is 0 Å². The fourth-order valence-corrected chi connectivity index (χ4v) is 3.36. The predicted octanol–water partition coefficient (Wildman–Crippen LogP) is 2.27. The third-order valence-electron chi connectivity index (χ3n) is 4.58. The summed E-state index contributed by atoms with van der Waals surface area (Å²) in [4.78, 5) is 19.1. The van der Waals surface area contributed by atoms with E-state index in [1.807, 2.05) is 25.7 Å². The maximum absolute atomic E-state index is 12.1. The number of rotatable bonds is 3. The average molecular weight is 311 g/mol. The number of carbonyl (C=O) groups excluding carboxylic acids is 1. The molecule has 0 aromatic heterocycles. The van der Waals surface area contributed by atoms with Gasteiger partial charge in [0.25, 0.3) is 0 Å². The van der Waals surface area contributed by atoms with Gasteiger partial charge in [0.2, 0.25) is 0 Å². The smallest absolute Gasteiger partial charge is 0.410 e. The minimum atomic E-state index is -0.399. The van der Waals surface area contributed by atoms with Gasteiger partial charge >= 0.3 is 6.09 Å². The van der Waals surface area contributed by atoms with E-state index in [1.54, 1.807) is 0 Å². The molecule has 0 bridgehead atoms. The molecule has 22 heavy (non-hydrogen) atoms. The van der Waals surface area contributed by atoms with Gasteiger partial charge in [-0.05, 0) is 59.2 Å². The zero-order chi connectivity index (χ0) is 16.2. The number of carbonyl (C=O) groups is 1. The van der Waals surface area contributed by atoms with Crippen LogP contribution in [-0.4, -0.2) is 78.8 Å². The van der Waals surface area contributed by atoms with Crippen molar-refractivity contribution in [3.63, 3.8) is 0 Å². The molecule has 0 aliphatic carbocycles. The van der Waals surface area contributed by atoms with E-state index in [1.165, 1.54) is 26.1 Å². The molecule has 5 nitrogen and oxygen atoms in total. The van der Waals surface area contributed by atoms with Gasteiger partial charge in [-0.1, -0.05) is 6.92 Å². The van der Waals surface area contributed by atoms with Crippen LogP contribution >= 0.6 is 0 Å². The molecule has 2 heterocycles. The van der Waals surface area contributed by atoms with Gasteiger partial charge in [-0.25, -0.2) is 4.79 Å². The summed E-state index contributed by atoms with van der Waals surface area (Å²) in [5.74, 6) is 0.598. The van der Waals surface area contributed by atoms with Gasteiger partial charge in [-0.3, -0.25) is 0 Å². The Bertz CT molecular complexity index is 367. The van der Waals surface area contributed by atoms with Crippen LogP contribution < -0.4 is 0 Å².